The topological polar surface area (TPSA) is 102 Å². The number of H-pyrrole nitrogens is 1. The second-order valence-electron chi connectivity index (χ2n) is 8.61. The van der Waals surface area contributed by atoms with Gasteiger partial charge in [-0.05, 0) is 54.7 Å². The van der Waals surface area contributed by atoms with E-state index in [0.717, 1.165) is 29.4 Å². The van der Waals surface area contributed by atoms with Crippen molar-refractivity contribution in [2.75, 3.05) is 6.79 Å². The number of carbonyl (C=O) groups is 1. The van der Waals surface area contributed by atoms with Crippen LogP contribution in [0.5, 0.6) is 11.5 Å². The Morgan fingerprint density at radius 3 is 2.75 bits per heavy atom. The minimum atomic E-state index is -0.529. The molecule has 3 aromatic rings. The molecular weight excluding hydrogens is 410 g/mol. The molecule has 1 aliphatic carbocycles. The number of ether oxygens (including phenoxy) is 2. The molecule has 0 saturated heterocycles. The summed E-state index contributed by atoms with van der Waals surface area (Å²) < 4.78 is 11.8. The molecule has 1 amide bonds. The van der Waals surface area contributed by atoms with E-state index >= 15 is 0 Å². The van der Waals surface area contributed by atoms with Gasteiger partial charge in [0.2, 0.25) is 6.79 Å². The highest BCUT2D eigenvalue weighted by molar-refractivity contribution is 5.97. The van der Waals surface area contributed by atoms with Crippen molar-refractivity contribution >= 4 is 16.8 Å². The maximum Gasteiger partial charge on any atom is 0.329 e. The van der Waals surface area contributed by atoms with Gasteiger partial charge < -0.3 is 19.8 Å². The van der Waals surface area contributed by atoms with E-state index in [4.69, 9.17) is 9.47 Å². The van der Waals surface area contributed by atoms with Gasteiger partial charge in [0.1, 0.15) is 0 Å². The summed E-state index contributed by atoms with van der Waals surface area (Å²) in [7, 11) is 0. The van der Waals surface area contributed by atoms with Gasteiger partial charge >= 0.3 is 5.69 Å². The molecule has 1 aliphatic heterocycles. The van der Waals surface area contributed by atoms with E-state index < -0.39 is 11.2 Å². The second-order valence-corrected chi connectivity index (χ2v) is 8.61. The SMILES string of the molecule is C[C@H]1CCCC[C@@H]1NC(=O)c1ccc2c(=O)n(Cc3ccc4c(c3)OCO4)c(=O)[nH]c2c1. The number of hydrogen-bond acceptors (Lipinski definition) is 5. The molecule has 166 valence electrons. The van der Waals surface area contributed by atoms with Crippen molar-refractivity contribution in [3.8, 4) is 11.5 Å². The number of fused-ring (bicyclic) bond motifs is 2. The Morgan fingerprint density at radius 1 is 1.09 bits per heavy atom. The van der Waals surface area contributed by atoms with Crippen molar-refractivity contribution in [3.63, 3.8) is 0 Å². The van der Waals surface area contributed by atoms with E-state index in [0.29, 0.717) is 33.9 Å². The fourth-order valence-corrected chi connectivity index (χ4v) is 4.54. The van der Waals surface area contributed by atoms with Crippen molar-refractivity contribution < 1.29 is 14.3 Å². The molecule has 2 aromatic carbocycles. The number of aromatic amines is 1. The fraction of sp³-hybridized carbons (Fsp3) is 0.375. The number of nitrogens with zero attached hydrogens (tertiary/aromatic N) is 1. The summed E-state index contributed by atoms with van der Waals surface area (Å²) in [6.45, 7) is 2.41. The van der Waals surface area contributed by atoms with Crippen LogP contribution in [0.25, 0.3) is 10.9 Å². The molecule has 1 saturated carbocycles. The molecule has 0 radical (unpaired) electrons. The predicted octanol–water partition coefficient (Wildman–Crippen LogP) is 2.78. The van der Waals surface area contributed by atoms with E-state index in [1.165, 1.54) is 6.42 Å². The summed E-state index contributed by atoms with van der Waals surface area (Å²) in [4.78, 5) is 41.2. The van der Waals surface area contributed by atoms with Crippen LogP contribution in [0.15, 0.2) is 46.0 Å². The van der Waals surface area contributed by atoms with Crippen LogP contribution < -0.4 is 26.0 Å². The molecule has 1 fully saturated rings. The van der Waals surface area contributed by atoms with E-state index in [1.54, 1.807) is 36.4 Å². The van der Waals surface area contributed by atoms with Gasteiger partial charge in [0.05, 0.1) is 17.4 Å². The number of nitrogens with one attached hydrogen (secondary N) is 2. The highest BCUT2D eigenvalue weighted by Gasteiger charge is 2.23. The van der Waals surface area contributed by atoms with E-state index in [1.807, 2.05) is 0 Å². The molecule has 1 aromatic heterocycles. The van der Waals surface area contributed by atoms with Gasteiger partial charge in [0, 0.05) is 11.6 Å². The number of benzene rings is 2. The Kier molecular flexibility index (Phi) is 5.20. The Labute approximate surface area is 184 Å². The predicted molar refractivity (Wildman–Crippen MR) is 119 cm³/mol. The Bertz CT molecular complexity index is 1310. The summed E-state index contributed by atoms with van der Waals surface area (Å²) in [5.41, 5.74) is 0.594. The lowest BCUT2D eigenvalue weighted by atomic mass is 9.86. The van der Waals surface area contributed by atoms with Crippen molar-refractivity contribution in [2.24, 2.45) is 5.92 Å². The summed E-state index contributed by atoms with van der Waals surface area (Å²) >= 11 is 0. The van der Waals surface area contributed by atoms with Crippen LogP contribution >= 0.6 is 0 Å². The van der Waals surface area contributed by atoms with E-state index in [2.05, 4.69) is 17.2 Å². The highest BCUT2D eigenvalue weighted by atomic mass is 16.7. The summed E-state index contributed by atoms with van der Waals surface area (Å²) in [6.07, 6.45) is 4.40. The average Bonchev–Trinajstić information content (AvgIpc) is 3.25. The van der Waals surface area contributed by atoms with Crippen LogP contribution in [0.2, 0.25) is 0 Å². The molecular formula is C24H25N3O5. The Balaban J connectivity index is 1.42. The number of hydrogen-bond donors (Lipinski definition) is 2. The maximum atomic E-state index is 13.0. The van der Waals surface area contributed by atoms with E-state index in [-0.39, 0.29) is 25.3 Å². The van der Waals surface area contributed by atoms with Gasteiger partial charge in [-0.25, -0.2) is 4.79 Å². The zero-order valence-corrected chi connectivity index (χ0v) is 17.8. The lowest BCUT2D eigenvalue weighted by Crippen LogP contribution is -2.41. The smallest absolute Gasteiger partial charge is 0.329 e. The van der Waals surface area contributed by atoms with Gasteiger partial charge in [0.15, 0.2) is 11.5 Å². The zero-order valence-electron chi connectivity index (χ0n) is 17.8. The van der Waals surface area contributed by atoms with Gasteiger partial charge in [-0.2, -0.15) is 0 Å². The first-order valence-electron chi connectivity index (χ1n) is 11.0. The molecule has 0 spiro atoms. The standard InChI is InChI=1S/C24H25N3O5/c1-14-4-2-3-5-18(14)25-22(28)16-7-8-17-19(11-16)26-24(30)27(23(17)29)12-15-6-9-20-21(10-15)32-13-31-20/h6-11,14,18H,2-5,12-13H2,1H3,(H,25,28)(H,26,30)/t14-,18-/m0/s1. The second kappa shape index (κ2) is 8.18. The maximum absolute atomic E-state index is 13.0. The first-order valence-corrected chi connectivity index (χ1v) is 11.0. The molecule has 2 N–H and O–H groups in total. The van der Waals surface area contributed by atoms with Crippen molar-refractivity contribution in [3.05, 3.63) is 68.4 Å². The molecule has 5 rings (SSSR count). The molecule has 2 aliphatic rings. The summed E-state index contributed by atoms with van der Waals surface area (Å²) in [5.74, 6) is 1.49. The fourth-order valence-electron chi connectivity index (χ4n) is 4.54. The molecule has 2 atom stereocenters. The average molecular weight is 435 g/mol. The highest BCUT2D eigenvalue weighted by Crippen LogP contribution is 2.32. The van der Waals surface area contributed by atoms with Gasteiger partial charge in [-0.1, -0.05) is 25.8 Å². The lowest BCUT2D eigenvalue weighted by molar-refractivity contribution is 0.0910. The lowest BCUT2D eigenvalue weighted by Gasteiger charge is -2.29. The van der Waals surface area contributed by atoms with Crippen LogP contribution in [0.1, 0.15) is 48.5 Å². The number of aromatic nitrogens is 2. The van der Waals surface area contributed by atoms with Gasteiger partial charge in [0.25, 0.3) is 11.5 Å². The molecule has 8 heteroatoms. The van der Waals surface area contributed by atoms with Crippen LogP contribution in [0.3, 0.4) is 0 Å². The Morgan fingerprint density at radius 2 is 1.91 bits per heavy atom. The van der Waals surface area contributed by atoms with Crippen molar-refractivity contribution in [2.45, 2.75) is 45.2 Å². The first kappa shape index (κ1) is 20.4. The third kappa shape index (κ3) is 3.77. The molecule has 0 unspecified atom stereocenters. The van der Waals surface area contributed by atoms with Crippen molar-refractivity contribution in [1.82, 2.24) is 14.9 Å². The normalized spacial score (nSPS) is 19.8. The third-order valence-corrected chi connectivity index (χ3v) is 6.45. The number of amides is 1. The van der Waals surface area contributed by atoms with Crippen LogP contribution in [0, 0.1) is 5.92 Å². The zero-order chi connectivity index (χ0) is 22.2. The molecule has 8 nitrogen and oxygen atoms in total. The van der Waals surface area contributed by atoms with E-state index in [9.17, 15) is 14.4 Å². The summed E-state index contributed by atoms with van der Waals surface area (Å²) in [6, 6.07) is 10.3. The molecule has 2 heterocycles. The van der Waals surface area contributed by atoms with Crippen molar-refractivity contribution in [1.29, 1.82) is 0 Å². The van der Waals surface area contributed by atoms with Crippen LogP contribution in [-0.4, -0.2) is 28.3 Å². The minimum Gasteiger partial charge on any atom is -0.454 e. The number of carbonyl (C=O) groups excluding carboxylic acids is 1. The minimum absolute atomic E-state index is 0.0998. The third-order valence-electron chi connectivity index (χ3n) is 6.45. The van der Waals surface area contributed by atoms with Gasteiger partial charge in [-0.15, -0.1) is 0 Å². The monoisotopic (exact) mass is 435 g/mol. The van der Waals surface area contributed by atoms with Crippen LogP contribution in [0.4, 0.5) is 0 Å². The van der Waals surface area contributed by atoms with Crippen LogP contribution in [-0.2, 0) is 6.54 Å². The molecule has 32 heavy (non-hydrogen) atoms. The largest absolute Gasteiger partial charge is 0.454 e. The first-order chi connectivity index (χ1) is 15.5. The quantitative estimate of drug-likeness (QED) is 0.656. The van der Waals surface area contributed by atoms with Gasteiger partial charge in [-0.3, -0.25) is 14.2 Å². The molecule has 0 bridgehead atoms. The summed E-state index contributed by atoms with van der Waals surface area (Å²) in [5, 5.41) is 3.46. The number of rotatable bonds is 4. The Hall–Kier alpha value is -3.55.